The second-order valence-electron chi connectivity index (χ2n) is 6.45. The number of nitrogens with zero attached hydrogens (tertiary/aromatic N) is 1. The van der Waals surface area contributed by atoms with Gasteiger partial charge in [-0.15, -0.1) is 0 Å². The van der Waals surface area contributed by atoms with E-state index in [0.717, 1.165) is 38.6 Å². The van der Waals surface area contributed by atoms with Gasteiger partial charge in [0.2, 0.25) is 0 Å². The molecule has 0 saturated carbocycles. The quantitative estimate of drug-likeness (QED) is 0.919. The predicted molar refractivity (Wildman–Crippen MR) is 89.1 cm³/mol. The minimum atomic E-state index is 0.264. The Morgan fingerprint density at radius 3 is 2.83 bits per heavy atom. The van der Waals surface area contributed by atoms with E-state index in [-0.39, 0.29) is 6.04 Å². The maximum absolute atomic E-state index is 5.76. The first kappa shape index (κ1) is 14.9. The molecule has 0 aliphatic carbocycles. The molecule has 1 N–H and O–H groups in total. The molecule has 0 radical (unpaired) electrons. The van der Waals surface area contributed by atoms with Gasteiger partial charge in [-0.2, -0.15) is 0 Å². The number of hydrogen-bond acceptors (Lipinski definition) is 4. The zero-order chi connectivity index (χ0) is 15.5. The van der Waals surface area contributed by atoms with E-state index in [4.69, 9.17) is 9.15 Å². The standard InChI is InChI=1S/C19H24N2O2/c1-2-7-16-15(6-1)13-22-14-17(16)20-12-18(19-8-5-11-23-19)21-9-3-4-10-21/h1-2,5-8,11,17-18,20H,3-4,9-10,12-14H2. The number of hydrogen-bond donors (Lipinski definition) is 1. The summed E-state index contributed by atoms with van der Waals surface area (Å²) in [6, 6.07) is 13.2. The highest BCUT2D eigenvalue weighted by Gasteiger charge is 2.27. The predicted octanol–water partition coefficient (Wildman–Crippen LogP) is 3.28. The van der Waals surface area contributed by atoms with Crippen molar-refractivity contribution in [3.05, 3.63) is 59.5 Å². The van der Waals surface area contributed by atoms with Crippen LogP contribution >= 0.6 is 0 Å². The summed E-state index contributed by atoms with van der Waals surface area (Å²) in [5.74, 6) is 1.06. The van der Waals surface area contributed by atoms with Crippen LogP contribution in [0.4, 0.5) is 0 Å². The van der Waals surface area contributed by atoms with E-state index in [1.54, 1.807) is 6.26 Å². The van der Waals surface area contributed by atoms with Gasteiger partial charge < -0.3 is 14.5 Å². The average molecular weight is 312 g/mol. The molecule has 2 atom stereocenters. The summed E-state index contributed by atoms with van der Waals surface area (Å²) in [5, 5.41) is 3.72. The van der Waals surface area contributed by atoms with Gasteiger partial charge in [0.15, 0.2) is 0 Å². The molecule has 0 amide bonds. The van der Waals surface area contributed by atoms with Crippen LogP contribution in [0.15, 0.2) is 47.1 Å². The van der Waals surface area contributed by atoms with Crippen molar-refractivity contribution >= 4 is 0 Å². The van der Waals surface area contributed by atoms with Gasteiger partial charge in [0.1, 0.15) is 5.76 Å². The number of rotatable bonds is 5. The second-order valence-corrected chi connectivity index (χ2v) is 6.45. The van der Waals surface area contributed by atoms with E-state index in [0.29, 0.717) is 6.04 Å². The number of fused-ring (bicyclic) bond motifs is 1. The molecule has 2 aromatic rings. The highest BCUT2D eigenvalue weighted by molar-refractivity contribution is 5.31. The van der Waals surface area contributed by atoms with E-state index < -0.39 is 0 Å². The van der Waals surface area contributed by atoms with Crippen LogP contribution < -0.4 is 5.32 Å². The minimum absolute atomic E-state index is 0.264. The van der Waals surface area contributed by atoms with Crippen LogP contribution in [0.1, 0.15) is 41.8 Å². The van der Waals surface area contributed by atoms with Gasteiger partial charge in [0, 0.05) is 6.54 Å². The molecule has 1 fully saturated rings. The van der Waals surface area contributed by atoms with Crippen molar-refractivity contribution in [3.8, 4) is 0 Å². The fraction of sp³-hybridized carbons (Fsp3) is 0.474. The molecule has 122 valence electrons. The summed E-state index contributed by atoms with van der Waals surface area (Å²) in [5.41, 5.74) is 2.67. The lowest BCUT2D eigenvalue weighted by Crippen LogP contribution is -2.38. The summed E-state index contributed by atoms with van der Waals surface area (Å²) in [6.45, 7) is 4.66. The SMILES string of the molecule is c1coc(C(CNC2COCc3ccccc32)N2CCCC2)c1. The summed E-state index contributed by atoms with van der Waals surface area (Å²) >= 11 is 0. The van der Waals surface area contributed by atoms with Gasteiger partial charge in [-0.05, 0) is 49.2 Å². The molecule has 3 heterocycles. The van der Waals surface area contributed by atoms with E-state index in [1.165, 1.54) is 24.0 Å². The van der Waals surface area contributed by atoms with Gasteiger partial charge in [-0.25, -0.2) is 0 Å². The molecule has 2 aliphatic rings. The Balaban J connectivity index is 1.48. The first-order chi connectivity index (χ1) is 11.4. The molecule has 4 nitrogen and oxygen atoms in total. The lowest BCUT2D eigenvalue weighted by atomic mass is 9.99. The van der Waals surface area contributed by atoms with E-state index in [1.807, 2.05) is 6.07 Å². The summed E-state index contributed by atoms with van der Waals surface area (Å²) in [7, 11) is 0. The van der Waals surface area contributed by atoms with E-state index >= 15 is 0 Å². The largest absolute Gasteiger partial charge is 0.468 e. The molecular formula is C19H24N2O2. The minimum Gasteiger partial charge on any atom is -0.468 e. The smallest absolute Gasteiger partial charge is 0.122 e. The number of benzene rings is 1. The summed E-state index contributed by atoms with van der Waals surface area (Å²) in [6.07, 6.45) is 4.34. The molecule has 1 aromatic heterocycles. The van der Waals surface area contributed by atoms with Crippen LogP contribution in [0.2, 0.25) is 0 Å². The topological polar surface area (TPSA) is 37.6 Å². The molecule has 4 heteroatoms. The van der Waals surface area contributed by atoms with Gasteiger partial charge in [0.25, 0.3) is 0 Å². The molecule has 0 spiro atoms. The number of nitrogens with one attached hydrogen (secondary N) is 1. The van der Waals surface area contributed by atoms with Crippen molar-refractivity contribution in [2.45, 2.75) is 31.5 Å². The van der Waals surface area contributed by atoms with Gasteiger partial charge in [-0.3, -0.25) is 4.90 Å². The fourth-order valence-electron chi connectivity index (χ4n) is 3.75. The Labute approximate surface area is 137 Å². The van der Waals surface area contributed by atoms with Crippen molar-refractivity contribution in [2.75, 3.05) is 26.2 Å². The van der Waals surface area contributed by atoms with Crippen molar-refractivity contribution in [1.29, 1.82) is 0 Å². The Kier molecular flexibility index (Phi) is 4.46. The van der Waals surface area contributed by atoms with Crippen LogP contribution in [0.5, 0.6) is 0 Å². The van der Waals surface area contributed by atoms with E-state index in [9.17, 15) is 0 Å². The van der Waals surface area contributed by atoms with Crippen molar-refractivity contribution in [2.24, 2.45) is 0 Å². The van der Waals surface area contributed by atoms with Crippen LogP contribution in [0, 0.1) is 0 Å². The molecular weight excluding hydrogens is 288 g/mol. The fourth-order valence-corrected chi connectivity index (χ4v) is 3.75. The average Bonchev–Trinajstić information content (AvgIpc) is 3.29. The third-order valence-electron chi connectivity index (χ3n) is 4.98. The van der Waals surface area contributed by atoms with Crippen LogP contribution in [-0.4, -0.2) is 31.1 Å². The maximum Gasteiger partial charge on any atom is 0.122 e. The Morgan fingerprint density at radius 1 is 1.13 bits per heavy atom. The number of furan rings is 1. The first-order valence-electron chi connectivity index (χ1n) is 8.58. The van der Waals surface area contributed by atoms with Crippen molar-refractivity contribution in [1.82, 2.24) is 10.2 Å². The molecule has 4 rings (SSSR count). The first-order valence-corrected chi connectivity index (χ1v) is 8.58. The molecule has 23 heavy (non-hydrogen) atoms. The summed E-state index contributed by atoms with van der Waals surface area (Å²) in [4.78, 5) is 2.53. The van der Waals surface area contributed by atoms with Crippen molar-refractivity contribution in [3.63, 3.8) is 0 Å². The number of likely N-dealkylation sites (tertiary alicyclic amines) is 1. The highest BCUT2D eigenvalue weighted by Crippen LogP contribution is 2.28. The van der Waals surface area contributed by atoms with Crippen LogP contribution in [0.3, 0.4) is 0 Å². The lowest BCUT2D eigenvalue weighted by Gasteiger charge is -2.31. The normalized spacial score (nSPS) is 22.9. The zero-order valence-corrected chi connectivity index (χ0v) is 13.4. The number of ether oxygens (including phenoxy) is 1. The molecule has 2 aliphatic heterocycles. The molecule has 0 bridgehead atoms. The Hall–Kier alpha value is -1.62. The van der Waals surface area contributed by atoms with Crippen LogP contribution in [0.25, 0.3) is 0 Å². The second kappa shape index (κ2) is 6.87. The van der Waals surface area contributed by atoms with Gasteiger partial charge >= 0.3 is 0 Å². The monoisotopic (exact) mass is 312 g/mol. The Bertz CT molecular complexity index is 620. The zero-order valence-electron chi connectivity index (χ0n) is 13.4. The van der Waals surface area contributed by atoms with Gasteiger partial charge in [-0.1, -0.05) is 24.3 Å². The third-order valence-corrected chi connectivity index (χ3v) is 4.98. The summed E-state index contributed by atoms with van der Waals surface area (Å²) < 4.78 is 11.5. The molecule has 1 aromatic carbocycles. The van der Waals surface area contributed by atoms with Crippen molar-refractivity contribution < 1.29 is 9.15 Å². The van der Waals surface area contributed by atoms with E-state index in [2.05, 4.69) is 40.5 Å². The molecule has 1 saturated heterocycles. The lowest BCUT2D eigenvalue weighted by molar-refractivity contribution is 0.0782. The highest BCUT2D eigenvalue weighted by atomic mass is 16.5. The third kappa shape index (κ3) is 3.20. The van der Waals surface area contributed by atoms with Crippen LogP contribution in [-0.2, 0) is 11.3 Å². The molecule has 2 unspecified atom stereocenters. The Morgan fingerprint density at radius 2 is 2.00 bits per heavy atom. The van der Waals surface area contributed by atoms with Gasteiger partial charge in [0.05, 0.1) is 31.6 Å². The maximum atomic E-state index is 5.76.